The zero-order valence-electron chi connectivity index (χ0n) is 16.4. The van der Waals surface area contributed by atoms with Crippen molar-refractivity contribution in [2.75, 3.05) is 13.1 Å². The van der Waals surface area contributed by atoms with Gasteiger partial charge in [-0.3, -0.25) is 14.5 Å². The number of hydrogen-bond donors (Lipinski definition) is 1. The first-order valence-corrected chi connectivity index (χ1v) is 11.0. The summed E-state index contributed by atoms with van der Waals surface area (Å²) in [7, 11) is 0. The Morgan fingerprint density at radius 2 is 2.03 bits per heavy atom. The van der Waals surface area contributed by atoms with E-state index in [2.05, 4.69) is 5.32 Å². The van der Waals surface area contributed by atoms with Crippen LogP contribution in [0.15, 0.2) is 35.0 Å². The van der Waals surface area contributed by atoms with E-state index >= 15 is 0 Å². The largest absolute Gasteiger partial charge is 0.339 e. The minimum atomic E-state index is -1.01. The molecule has 0 spiro atoms. The maximum Gasteiger partial charge on any atom is 0.325 e. The number of hydrogen-bond acceptors (Lipinski definition) is 4. The summed E-state index contributed by atoms with van der Waals surface area (Å²) in [6.45, 7) is 2.74. The highest BCUT2D eigenvalue weighted by atomic mass is 35.5. The predicted molar refractivity (Wildman–Crippen MR) is 112 cm³/mol. The lowest BCUT2D eigenvalue weighted by Gasteiger charge is -2.39. The number of urea groups is 1. The zero-order valence-corrected chi connectivity index (χ0v) is 17.9. The molecule has 158 valence electrons. The topological polar surface area (TPSA) is 69.7 Å². The lowest BCUT2D eigenvalue weighted by Crippen LogP contribution is -2.54. The Morgan fingerprint density at radius 3 is 2.70 bits per heavy atom. The van der Waals surface area contributed by atoms with Crippen molar-refractivity contribution in [3.8, 4) is 0 Å². The van der Waals surface area contributed by atoms with Crippen LogP contribution in [0.4, 0.5) is 9.18 Å². The van der Waals surface area contributed by atoms with E-state index in [-0.39, 0.29) is 23.9 Å². The van der Waals surface area contributed by atoms with Crippen LogP contribution in [0.1, 0.15) is 35.7 Å². The van der Waals surface area contributed by atoms with Crippen molar-refractivity contribution < 1.29 is 18.8 Å². The van der Waals surface area contributed by atoms with Crippen molar-refractivity contribution in [2.24, 2.45) is 5.92 Å². The second kappa shape index (κ2) is 8.00. The van der Waals surface area contributed by atoms with Crippen LogP contribution in [0.3, 0.4) is 0 Å². The maximum absolute atomic E-state index is 14.0. The SMILES string of the molecule is C[C@@]1(C2CCN(C(=O)c3cc(Cl)ccc3F)CC2)NC(=O)N(Cc2ccsc2)C1=O. The minimum absolute atomic E-state index is 0.0562. The smallest absolute Gasteiger partial charge is 0.325 e. The molecule has 2 aliphatic rings. The molecule has 0 radical (unpaired) electrons. The molecule has 0 aliphatic carbocycles. The van der Waals surface area contributed by atoms with Gasteiger partial charge in [-0.25, -0.2) is 9.18 Å². The second-order valence-corrected chi connectivity index (χ2v) is 9.06. The number of carbonyl (C=O) groups excluding carboxylic acids is 3. The van der Waals surface area contributed by atoms with E-state index in [1.165, 1.54) is 34.4 Å². The molecular weight excluding hydrogens is 429 g/mol. The summed E-state index contributed by atoms with van der Waals surface area (Å²) in [6.07, 6.45) is 1.06. The Kier molecular flexibility index (Phi) is 5.55. The van der Waals surface area contributed by atoms with E-state index < -0.39 is 23.3 Å². The Morgan fingerprint density at radius 1 is 1.30 bits per heavy atom. The maximum atomic E-state index is 14.0. The van der Waals surface area contributed by atoms with Gasteiger partial charge in [0.25, 0.3) is 11.8 Å². The summed E-state index contributed by atoms with van der Waals surface area (Å²) in [4.78, 5) is 41.1. The Labute approximate surface area is 182 Å². The number of carbonyl (C=O) groups is 3. The molecule has 6 nitrogen and oxygen atoms in total. The molecule has 4 amide bonds. The number of imide groups is 1. The summed E-state index contributed by atoms with van der Waals surface area (Å²) >= 11 is 7.42. The monoisotopic (exact) mass is 449 g/mol. The number of thiophene rings is 1. The molecule has 4 rings (SSSR count). The summed E-state index contributed by atoms with van der Waals surface area (Å²) < 4.78 is 14.0. The molecule has 1 aromatic heterocycles. The molecule has 2 saturated heterocycles. The third kappa shape index (κ3) is 3.70. The number of piperidine rings is 1. The Hall–Kier alpha value is -2.45. The molecule has 2 fully saturated rings. The first-order chi connectivity index (χ1) is 14.3. The van der Waals surface area contributed by atoms with E-state index in [4.69, 9.17) is 11.6 Å². The van der Waals surface area contributed by atoms with Gasteiger partial charge >= 0.3 is 6.03 Å². The lowest BCUT2D eigenvalue weighted by atomic mass is 9.78. The number of likely N-dealkylation sites (tertiary alicyclic amines) is 1. The fourth-order valence-electron chi connectivity index (χ4n) is 4.19. The van der Waals surface area contributed by atoms with Crippen LogP contribution in [0.25, 0.3) is 0 Å². The van der Waals surface area contributed by atoms with E-state index in [1.807, 2.05) is 16.8 Å². The fourth-order valence-corrected chi connectivity index (χ4v) is 5.02. The van der Waals surface area contributed by atoms with Gasteiger partial charge in [0.1, 0.15) is 11.4 Å². The van der Waals surface area contributed by atoms with Crippen molar-refractivity contribution >= 4 is 40.8 Å². The number of halogens is 2. The number of nitrogens with one attached hydrogen (secondary N) is 1. The molecule has 1 N–H and O–H groups in total. The Bertz CT molecular complexity index is 991. The van der Waals surface area contributed by atoms with Crippen LogP contribution in [0, 0.1) is 11.7 Å². The zero-order chi connectivity index (χ0) is 21.5. The molecular formula is C21H21ClFN3O3S. The molecule has 0 bridgehead atoms. The normalized spacial score (nSPS) is 22.5. The summed E-state index contributed by atoms with van der Waals surface area (Å²) in [6, 6.07) is 5.40. The molecule has 2 aliphatic heterocycles. The first kappa shape index (κ1) is 20.8. The van der Waals surface area contributed by atoms with Gasteiger partial charge in [0, 0.05) is 18.1 Å². The number of nitrogens with zero attached hydrogens (tertiary/aromatic N) is 2. The second-order valence-electron chi connectivity index (χ2n) is 7.85. The van der Waals surface area contributed by atoms with Gasteiger partial charge in [-0.05, 0) is 66.3 Å². The predicted octanol–water partition coefficient (Wildman–Crippen LogP) is 3.90. The van der Waals surface area contributed by atoms with Gasteiger partial charge in [0.2, 0.25) is 0 Å². The third-order valence-electron chi connectivity index (χ3n) is 5.98. The van der Waals surface area contributed by atoms with Crippen LogP contribution in [-0.2, 0) is 11.3 Å². The number of benzene rings is 1. The van der Waals surface area contributed by atoms with E-state index in [9.17, 15) is 18.8 Å². The van der Waals surface area contributed by atoms with Crippen molar-refractivity contribution in [1.29, 1.82) is 0 Å². The summed E-state index contributed by atoms with van der Waals surface area (Å²) in [5.74, 6) is -1.39. The number of rotatable bonds is 4. The molecule has 0 saturated carbocycles. The molecule has 1 atom stereocenters. The lowest BCUT2D eigenvalue weighted by molar-refractivity contribution is -0.133. The van der Waals surface area contributed by atoms with Gasteiger partial charge < -0.3 is 10.2 Å². The third-order valence-corrected chi connectivity index (χ3v) is 6.95. The summed E-state index contributed by atoms with van der Waals surface area (Å²) in [5, 5.41) is 6.98. The van der Waals surface area contributed by atoms with Crippen molar-refractivity contribution in [2.45, 2.75) is 31.8 Å². The van der Waals surface area contributed by atoms with Crippen LogP contribution in [-0.4, -0.2) is 46.3 Å². The quantitative estimate of drug-likeness (QED) is 0.719. The van der Waals surface area contributed by atoms with Crippen molar-refractivity contribution in [1.82, 2.24) is 15.1 Å². The Balaban J connectivity index is 1.43. The van der Waals surface area contributed by atoms with Crippen LogP contribution >= 0.6 is 22.9 Å². The van der Waals surface area contributed by atoms with E-state index in [0.29, 0.717) is 31.0 Å². The van der Waals surface area contributed by atoms with Gasteiger partial charge in [0.05, 0.1) is 12.1 Å². The average molecular weight is 450 g/mol. The standard InChI is InChI=1S/C21H21ClFN3O3S/c1-21(19(28)26(20(29)24-21)11-13-6-9-30-12-13)14-4-7-25(8-5-14)18(27)16-10-15(22)2-3-17(16)23/h2-3,6,9-10,12,14H,4-5,7-8,11H2,1H3,(H,24,29)/t21-/m0/s1. The fraction of sp³-hybridized carbons (Fsp3) is 0.381. The minimum Gasteiger partial charge on any atom is -0.339 e. The van der Waals surface area contributed by atoms with Gasteiger partial charge in [-0.1, -0.05) is 11.6 Å². The van der Waals surface area contributed by atoms with Crippen molar-refractivity contribution in [3.63, 3.8) is 0 Å². The van der Waals surface area contributed by atoms with Crippen molar-refractivity contribution in [3.05, 3.63) is 57.0 Å². The summed E-state index contributed by atoms with van der Waals surface area (Å²) in [5.41, 5.74) is -0.153. The van der Waals surface area contributed by atoms with Crippen LogP contribution in [0.2, 0.25) is 5.02 Å². The molecule has 30 heavy (non-hydrogen) atoms. The molecule has 9 heteroatoms. The van der Waals surface area contributed by atoms with Crippen LogP contribution in [0.5, 0.6) is 0 Å². The van der Waals surface area contributed by atoms with E-state index in [0.717, 1.165) is 5.56 Å². The average Bonchev–Trinajstić information content (AvgIpc) is 3.32. The van der Waals surface area contributed by atoms with Crippen LogP contribution < -0.4 is 5.32 Å². The highest BCUT2D eigenvalue weighted by Gasteiger charge is 2.52. The molecule has 0 unspecified atom stereocenters. The molecule has 3 heterocycles. The highest BCUT2D eigenvalue weighted by Crippen LogP contribution is 2.34. The van der Waals surface area contributed by atoms with E-state index in [1.54, 1.807) is 11.8 Å². The first-order valence-electron chi connectivity index (χ1n) is 9.69. The molecule has 2 aromatic rings. The van der Waals surface area contributed by atoms with Gasteiger partial charge in [-0.15, -0.1) is 0 Å². The van der Waals surface area contributed by atoms with Gasteiger partial charge in [0.15, 0.2) is 0 Å². The van der Waals surface area contributed by atoms with Gasteiger partial charge in [-0.2, -0.15) is 11.3 Å². The highest BCUT2D eigenvalue weighted by molar-refractivity contribution is 7.07. The molecule has 1 aromatic carbocycles. The number of amides is 4.